The average molecular weight is 264 g/mol. The molecule has 0 aliphatic heterocycles. The summed E-state index contributed by atoms with van der Waals surface area (Å²) < 4.78 is 11.0. The van der Waals surface area contributed by atoms with Crippen molar-refractivity contribution >= 4 is 11.3 Å². The van der Waals surface area contributed by atoms with Crippen LogP contribution in [0, 0.1) is 0 Å². The molecule has 96 valence electrons. The second-order valence-electron chi connectivity index (χ2n) is 3.73. The number of nitrogens with zero attached hydrogens (tertiary/aromatic N) is 2. The van der Waals surface area contributed by atoms with E-state index < -0.39 is 0 Å². The van der Waals surface area contributed by atoms with Crippen LogP contribution in [0.4, 0.5) is 0 Å². The van der Waals surface area contributed by atoms with E-state index in [1.807, 2.05) is 37.4 Å². The first-order valence-electron chi connectivity index (χ1n) is 5.89. The molecule has 2 aromatic heterocycles. The lowest BCUT2D eigenvalue weighted by Crippen LogP contribution is -2.01. The summed E-state index contributed by atoms with van der Waals surface area (Å²) in [6, 6.07) is 5.58. The fourth-order valence-electron chi connectivity index (χ4n) is 1.48. The van der Waals surface area contributed by atoms with Crippen molar-refractivity contribution in [2.75, 3.05) is 6.61 Å². The molecule has 0 saturated carbocycles. The van der Waals surface area contributed by atoms with Gasteiger partial charge in [-0.3, -0.25) is 0 Å². The molecule has 0 unspecified atom stereocenters. The Hall–Kier alpha value is -1.46. The molecule has 0 spiro atoms. The molecule has 0 fully saturated rings. The summed E-state index contributed by atoms with van der Waals surface area (Å²) in [4.78, 5) is 8.58. The van der Waals surface area contributed by atoms with Crippen LogP contribution in [0.1, 0.15) is 30.7 Å². The molecule has 2 heterocycles. The van der Waals surface area contributed by atoms with E-state index in [1.54, 1.807) is 17.5 Å². The smallest absolute Gasteiger partial charge is 0.213 e. The lowest BCUT2D eigenvalue weighted by atomic mass is 10.4. The van der Waals surface area contributed by atoms with Crippen LogP contribution in [0.2, 0.25) is 0 Å². The van der Waals surface area contributed by atoms with Gasteiger partial charge in [0.1, 0.15) is 17.7 Å². The molecule has 0 N–H and O–H groups in total. The van der Waals surface area contributed by atoms with E-state index in [4.69, 9.17) is 9.47 Å². The van der Waals surface area contributed by atoms with Crippen LogP contribution in [0.5, 0.6) is 5.88 Å². The molecule has 0 aromatic carbocycles. The molecular weight excluding hydrogens is 248 g/mol. The molecule has 0 aliphatic rings. The topological polar surface area (TPSA) is 44.2 Å². The maximum Gasteiger partial charge on any atom is 0.213 e. The fourth-order valence-corrected chi connectivity index (χ4v) is 2.28. The van der Waals surface area contributed by atoms with Crippen molar-refractivity contribution < 1.29 is 9.47 Å². The first-order chi connectivity index (χ1) is 8.79. The Labute approximate surface area is 111 Å². The summed E-state index contributed by atoms with van der Waals surface area (Å²) in [7, 11) is 0. The Morgan fingerprint density at radius 2 is 2.28 bits per heavy atom. The van der Waals surface area contributed by atoms with Crippen LogP contribution >= 0.6 is 11.3 Å². The number of hydrogen-bond donors (Lipinski definition) is 0. The third-order valence-electron chi connectivity index (χ3n) is 2.34. The molecular formula is C13H16N2O2S. The van der Waals surface area contributed by atoms with Gasteiger partial charge in [-0.05, 0) is 19.9 Å². The molecule has 0 saturated heterocycles. The monoisotopic (exact) mass is 264 g/mol. The molecule has 1 atom stereocenters. The van der Waals surface area contributed by atoms with Gasteiger partial charge < -0.3 is 9.47 Å². The van der Waals surface area contributed by atoms with E-state index >= 15 is 0 Å². The highest BCUT2D eigenvalue weighted by Gasteiger charge is 2.10. The van der Waals surface area contributed by atoms with Crippen molar-refractivity contribution in [3.05, 3.63) is 40.5 Å². The summed E-state index contributed by atoms with van der Waals surface area (Å²) in [5.74, 6) is 0.616. The van der Waals surface area contributed by atoms with Crippen LogP contribution in [-0.2, 0) is 11.3 Å². The van der Waals surface area contributed by atoms with Gasteiger partial charge in [-0.25, -0.2) is 9.97 Å². The highest BCUT2D eigenvalue weighted by Crippen LogP contribution is 2.21. The molecule has 4 nitrogen and oxygen atoms in total. The first kappa shape index (κ1) is 13.0. The van der Waals surface area contributed by atoms with Gasteiger partial charge in [0.2, 0.25) is 5.88 Å². The minimum Gasteiger partial charge on any atom is -0.471 e. The van der Waals surface area contributed by atoms with Gasteiger partial charge in [0.05, 0.1) is 5.69 Å². The lowest BCUT2D eigenvalue weighted by molar-refractivity contribution is 0.0760. The number of pyridine rings is 1. The summed E-state index contributed by atoms with van der Waals surface area (Å²) in [6.07, 6.45) is 1.75. The van der Waals surface area contributed by atoms with Gasteiger partial charge in [-0.1, -0.05) is 6.07 Å². The van der Waals surface area contributed by atoms with Gasteiger partial charge in [0, 0.05) is 24.3 Å². The highest BCUT2D eigenvalue weighted by molar-refractivity contribution is 7.09. The number of rotatable bonds is 6. The molecule has 0 bridgehead atoms. The zero-order valence-corrected chi connectivity index (χ0v) is 11.3. The van der Waals surface area contributed by atoms with E-state index in [0.717, 1.165) is 10.7 Å². The van der Waals surface area contributed by atoms with Gasteiger partial charge in [-0.15, -0.1) is 11.3 Å². The Kier molecular flexibility index (Phi) is 4.66. The quantitative estimate of drug-likeness (QED) is 0.803. The minimum atomic E-state index is 0.0450. The second kappa shape index (κ2) is 6.47. The standard InChI is InChI=1S/C13H16N2O2S/c1-3-16-10(2)13-15-11(9-18-13)8-17-12-6-4-5-7-14-12/h4-7,9-10H,3,8H2,1-2H3/t10-/m0/s1. The third-order valence-corrected chi connectivity index (χ3v) is 3.39. The van der Waals surface area contributed by atoms with Crippen LogP contribution < -0.4 is 4.74 Å². The van der Waals surface area contributed by atoms with E-state index in [2.05, 4.69) is 9.97 Å². The predicted molar refractivity (Wildman–Crippen MR) is 70.7 cm³/mol. The number of hydrogen-bond acceptors (Lipinski definition) is 5. The summed E-state index contributed by atoms with van der Waals surface area (Å²) in [5.41, 5.74) is 0.909. The van der Waals surface area contributed by atoms with Crippen LogP contribution in [0.3, 0.4) is 0 Å². The molecule has 2 rings (SSSR count). The molecule has 0 radical (unpaired) electrons. The molecule has 18 heavy (non-hydrogen) atoms. The maximum absolute atomic E-state index is 5.54. The van der Waals surface area contributed by atoms with Gasteiger partial charge in [-0.2, -0.15) is 0 Å². The van der Waals surface area contributed by atoms with Crippen molar-refractivity contribution in [2.45, 2.75) is 26.6 Å². The van der Waals surface area contributed by atoms with E-state index in [-0.39, 0.29) is 6.10 Å². The van der Waals surface area contributed by atoms with Gasteiger partial charge in [0.25, 0.3) is 0 Å². The summed E-state index contributed by atoms with van der Waals surface area (Å²) in [5, 5.41) is 2.98. The zero-order valence-electron chi connectivity index (χ0n) is 10.5. The highest BCUT2D eigenvalue weighted by atomic mass is 32.1. The number of aromatic nitrogens is 2. The Bertz CT molecular complexity index is 473. The van der Waals surface area contributed by atoms with Crippen molar-refractivity contribution in [1.29, 1.82) is 0 Å². The fraction of sp³-hybridized carbons (Fsp3) is 0.385. The zero-order chi connectivity index (χ0) is 12.8. The van der Waals surface area contributed by atoms with Gasteiger partial charge >= 0.3 is 0 Å². The molecule has 5 heteroatoms. The van der Waals surface area contributed by atoms with Crippen molar-refractivity contribution in [1.82, 2.24) is 9.97 Å². The summed E-state index contributed by atoms with van der Waals surface area (Å²) >= 11 is 1.60. The van der Waals surface area contributed by atoms with Crippen molar-refractivity contribution in [3.8, 4) is 5.88 Å². The van der Waals surface area contributed by atoms with Crippen LogP contribution in [0.25, 0.3) is 0 Å². The second-order valence-corrected chi connectivity index (χ2v) is 4.62. The number of ether oxygens (including phenoxy) is 2. The minimum absolute atomic E-state index is 0.0450. The summed E-state index contributed by atoms with van der Waals surface area (Å²) in [6.45, 7) is 5.12. The molecule has 0 amide bonds. The van der Waals surface area contributed by atoms with Crippen LogP contribution in [0.15, 0.2) is 29.8 Å². The Morgan fingerprint density at radius 3 is 3.00 bits per heavy atom. The Morgan fingerprint density at radius 1 is 1.39 bits per heavy atom. The lowest BCUT2D eigenvalue weighted by Gasteiger charge is -2.07. The van der Waals surface area contributed by atoms with E-state index in [1.165, 1.54) is 0 Å². The normalized spacial score (nSPS) is 12.3. The largest absolute Gasteiger partial charge is 0.471 e. The van der Waals surface area contributed by atoms with Crippen molar-refractivity contribution in [2.24, 2.45) is 0 Å². The molecule has 0 aliphatic carbocycles. The van der Waals surface area contributed by atoms with E-state index in [9.17, 15) is 0 Å². The molecule has 2 aromatic rings. The van der Waals surface area contributed by atoms with E-state index in [0.29, 0.717) is 19.1 Å². The predicted octanol–water partition coefficient (Wildman–Crippen LogP) is 3.21. The van der Waals surface area contributed by atoms with Crippen molar-refractivity contribution in [3.63, 3.8) is 0 Å². The maximum atomic E-state index is 5.54. The van der Waals surface area contributed by atoms with Crippen LogP contribution in [-0.4, -0.2) is 16.6 Å². The SMILES string of the molecule is CCO[C@@H](C)c1nc(COc2ccccn2)cs1. The van der Waals surface area contributed by atoms with Gasteiger partial charge in [0.15, 0.2) is 0 Å². The first-order valence-corrected chi connectivity index (χ1v) is 6.77. The number of thiazole rings is 1. The Balaban J connectivity index is 1.91. The average Bonchev–Trinajstić information content (AvgIpc) is 2.87. The third kappa shape index (κ3) is 3.51.